The second-order valence-corrected chi connectivity index (χ2v) is 13.6. The first kappa shape index (κ1) is 32.6. The van der Waals surface area contributed by atoms with E-state index in [1.54, 1.807) is 30.3 Å². The number of rotatable bonds is 13. The van der Waals surface area contributed by atoms with Crippen LogP contribution < -0.4 is 0 Å². The van der Waals surface area contributed by atoms with Crippen molar-refractivity contribution >= 4 is 0 Å². The Hall–Kier alpha value is -2.81. The molecular formula is C41H51F3. The van der Waals surface area contributed by atoms with Crippen LogP contribution in [0.15, 0.2) is 67.3 Å². The molecule has 0 radical (unpaired) electrons. The number of benzene rings is 3. The predicted octanol–water partition coefficient (Wildman–Crippen LogP) is 13.0. The van der Waals surface area contributed by atoms with Crippen molar-refractivity contribution in [3.05, 3.63) is 95.8 Å². The van der Waals surface area contributed by atoms with E-state index in [-0.39, 0.29) is 11.4 Å². The number of hydrogen-bond acceptors (Lipinski definition) is 0. The molecule has 0 aliphatic heterocycles. The lowest BCUT2D eigenvalue weighted by molar-refractivity contribution is 0.157. The number of hydrogen-bond donors (Lipinski definition) is 0. The highest BCUT2D eigenvalue weighted by atomic mass is 19.2. The van der Waals surface area contributed by atoms with Crippen molar-refractivity contribution in [1.29, 1.82) is 0 Å². The fraction of sp³-hybridized carbons (Fsp3) is 0.512. The molecule has 3 heteroatoms. The van der Waals surface area contributed by atoms with Gasteiger partial charge in [0.15, 0.2) is 11.6 Å². The molecule has 3 aromatic carbocycles. The van der Waals surface area contributed by atoms with Gasteiger partial charge in [-0.15, -0.1) is 6.58 Å². The molecule has 5 rings (SSSR count). The Bertz CT molecular complexity index is 1340. The molecule has 0 saturated heterocycles. The molecule has 0 nitrogen and oxygen atoms in total. The maximum atomic E-state index is 15.4. The van der Waals surface area contributed by atoms with Crippen molar-refractivity contribution in [2.75, 3.05) is 0 Å². The lowest BCUT2D eigenvalue weighted by Crippen LogP contribution is -2.25. The molecule has 0 amide bonds. The van der Waals surface area contributed by atoms with E-state index in [4.69, 9.17) is 0 Å². The zero-order valence-corrected chi connectivity index (χ0v) is 26.7. The maximum Gasteiger partial charge on any atom is 0.166 e. The molecule has 2 fully saturated rings. The van der Waals surface area contributed by atoms with Crippen molar-refractivity contribution in [1.82, 2.24) is 0 Å². The van der Waals surface area contributed by atoms with E-state index in [2.05, 4.69) is 25.6 Å². The molecule has 2 saturated carbocycles. The zero-order chi connectivity index (χ0) is 30.9. The van der Waals surface area contributed by atoms with Gasteiger partial charge in [-0.2, -0.15) is 0 Å². The molecule has 0 spiro atoms. The molecule has 0 N–H and O–H groups in total. The van der Waals surface area contributed by atoms with Gasteiger partial charge in [-0.1, -0.05) is 100 Å². The summed E-state index contributed by atoms with van der Waals surface area (Å²) in [5.41, 5.74) is 3.69. The van der Waals surface area contributed by atoms with E-state index >= 15 is 8.78 Å². The van der Waals surface area contributed by atoms with Gasteiger partial charge < -0.3 is 0 Å². The Morgan fingerprint density at radius 2 is 1.30 bits per heavy atom. The predicted molar refractivity (Wildman–Crippen MR) is 179 cm³/mol. The monoisotopic (exact) mass is 600 g/mol. The summed E-state index contributed by atoms with van der Waals surface area (Å²) in [4.78, 5) is 0. The lowest BCUT2D eigenvalue weighted by atomic mass is 9.68. The first-order valence-corrected chi connectivity index (χ1v) is 17.5. The number of halogens is 3. The molecule has 0 unspecified atom stereocenters. The highest BCUT2D eigenvalue weighted by molar-refractivity contribution is 5.71. The van der Waals surface area contributed by atoms with Crippen LogP contribution in [0.3, 0.4) is 0 Å². The van der Waals surface area contributed by atoms with E-state index in [0.29, 0.717) is 29.0 Å². The van der Waals surface area contributed by atoms with Crippen LogP contribution in [0.2, 0.25) is 0 Å². The molecule has 0 aromatic heterocycles. The van der Waals surface area contributed by atoms with Gasteiger partial charge in [-0.3, -0.25) is 0 Å². The summed E-state index contributed by atoms with van der Waals surface area (Å²) >= 11 is 0. The van der Waals surface area contributed by atoms with Crippen LogP contribution in [0, 0.1) is 35.2 Å². The van der Waals surface area contributed by atoms with Crippen LogP contribution in [-0.4, -0.2) is 0 Å². The largest absolute Gasteiger partial charge is 0.206 e. The second kappa shape index (κ2) is 16.0. The van der Waals surface area contributed by atoms with Crippen LogP contribution in [0.4, 0.5) is 13.2 Å². The smallest absolute Gasteiger partial charge is 0.166 e. The summed E-state index contributed by atoms with van der Waals surface area (Å²) in [5, 5.41) is 0. The normalized spacial score (nSPS) is 22.2. The Labute approximate surface area is 264 Å². The van der Waals surface area contributed by atoms with Gasteiger partial charge >= 0.3 is 0 Å². The second-order valence-electron chi connectivity index (χ2n) is 13.6. The van der Waals surface area contributed by atoms with E-state index in [1.165, 1.54) is 51.4 Å². The maximum absolute atomic E-state index is 15.4. The SMILES string of the molecule is C=CCCC1CCC(C2CCC(c3ccc(-c4ccc(-c5ccc(CCCCCCC)c(F)c5F)cc4)c(F)c3)CC2)CC1. The van der Waals surface area contributed by atoms with E-state index < -0.39 is 11.6 Å². The number of unbranched alkanes of at least 4 members (excludes halogenated alkanes) is 4. The van der Waals surface area contributed by atoms with Gasteiger partial charge in [-0.05, 0) is 116 Å². The first-order chi connectivity index (χ1) is 21.5. The molecule has 2 aliphatic carbocycles. The Morgan fingerprint density at radius 3 is 1.93 bits per heavy atom. The van der Waals surface area contributed by atoms with Crippen LogP contribution in [0.1, 0.15) is 120 Å². The molecule has 44 heavy (non-hydrogen) atoms. The minimum atomic E-state index is -0.801. The van der Waals surface area contributed by atoms with Crippen molar-refractivity contribution in [2.24, 2.45) is 17.8 Å². The van der Waals surface area contributed by atoms with Crippen LogP contribution in [0.25, 0.3) is 22.3 Å². The molecule has 0 atom stereocenters. The fourth-order valence-corrected chi connectivity index (χ4v) is 8.00. The van der Waals surface area contributed by atoms with Crippen molar-refractivity contribution in [3.63, 3.8) is 0 Å². The molecule has 2 aliphatic rings. The summed E-state index contributed by atoms with van der Waals surface area (Å²) in [6.07, 6.45) is 20.8. The average Bonchev–Trinajstić information content (AvgIpc) is 3.06. The summed E-state index contributed by atoms with van der Waals surface area (Å²) in [6.45, 7) is 6.04. The molecular weight excluding hydrogens is 549 g/mol. The summed E-state index contributed by atoms with van der Waals surface area (Å²) in [7, 11) is 0. The van der Waals surface area contributed by atoms with E-state index in [0.717, 1.165) is 73.8 Å². The van der Waals surface area contributed by atoms with Crippen molar-refractivity contribution < 1.29 is 13.2 Å². The average molecular weight is 601 g/mol. The highest BCUT2D eigenvalue weighted by Gasteiger charge is 2.31. The third kappa shape index (κ3) is 8.06. The Balaban J connectivity index is 1.16. The quantitative estimate of drug-likeness (QED) is 0.135. The summed E-state index contributed by atoms with van der Waals surface area (Å²) < 4.78 is 45.3. The van der Waals surface area contributed by atoms with E-state index in [1.807, 2.05) is 18.2 Å². The van der Waals surface area contributed by atoms with Gasteiger partial charge in [0.2, 0.25) is 0 Å². The lowest BCUT2D eigenvalue weighted by Gasteiger charge is -2.38. The third-order valence-corrected chi connectivity index (χ3v) is 10.8. The summed E-state index contributed by atoms with van der Waals surface area (Å²) in [5.74, 6) is 1.27. The molecule has 3 aromatic rings. The van der Waals surface area contributed by atoms with Crippen LogP contribution in [0.5, 0.6) is 0 Å². The highest BCUT2D eigenvalue weighted by Crippen LogP contribution is 2.45. The zero-order valence-electron chi connectivity index (χ0n) is 26.7. The van der Waals surface area contributed by atoms with Gasteiger partial charge in [0.25, 0.3) is 0 Å². The Morgan fingerprint density at radius 1 is 0.682 bits per heavy atom. The molecule has 0 heterocycles. The van der Waals surface area contributed by atoms with Crippen molar-refractivity contribution in [3.8, 4) is 22.3 Å². The van der Waals surface area contributed by atoms with Crippen LogP contribution >= 0.6 is 0 Å². The molecule has 0 bridgehead atoms. The van der Waals surface area contributed by atoms with Gasteiger partial charge in [0.1, 0.15) is 5.82 Å². The van der Waals surface area contributed by atoms with Gasteiger partial charge in [0, 0.05) is 11.1 Å². The van der Waals surface area contributed by atoms with Gasteiger partial charge in [-0.25, -0.2) is 13.2 Å². The standard InChI is InChI=1S/C41H51F3/c1-3-5-7-8-9-11-35-24-27-38(41(44)40(35)43)34-22-20-33(21-23-34)37-26-25-36(28-39(37)42)32-18-16-31(17-19-32)30-14-12-29(13-15-30)10-6-4-2/h4,20-32H,2-3,5-19H2,1H3. The minimum Gasteiger partial charge on any atom is -0.206 e. The third-order valence-electron chi connectivity index (χ3n) is 10.8. The van der Waals surface area contributed by atoms with Crippen molar-refractivity contribution in [2.45, 2.75) is 116 Å². The number of aryl methyl sites for hydroxylation is 1. The first-order valence-electron chi connectivity index (χ1n) is 17.5. The molecule has 236 valence electrons. The van der Waals surface area contributed by atoms with Crippen LogP contribution in [-0.2, 0) is 6.42 Å². The van der Waals surface area contributed by atoms with E-state index in [9.17, 15) is 4.39 Å². The number of allylic oxidation sites excluding steroid dienone is 1. The fourth-order valence-electron chi connectivity index (χ4n) is 8.00. The Kier molecular flexibility index (Phi) is 11.8. The minimum absolute atomic E-state index is 0.212. The topological polar surface area (TPSA) is 0 Å². The van der Waals surface area contributed by atoms with Gasteiger partial charge in [0.05, 0.1) is 0 Å². The summed E-state index contributed by atoms with van der Waals surface area (Å²) in [6, 6.07) is 16.3.